The Labute approximate surface area is 102 Å². The van der Waals surface area contributed by atoms with Crippen LogP contribution in [-0.4, -0.2) is 48.8 Å². The summed E-state index contributed by atoms with van der Waals surface area (Å²) in [6.45, 7) is 1.12. The fourth-order valence-electron chi connectivity index (χ4n) is 2.10. The first-order valence-corrected chi connectivity index (χ1v) is 7.13. The van der Waals surface area contributed by atoms with E-state index in [9.17, 15) is 26.4 Å². The van der Waals surface area contributed by atoms with Crippen LogP contribution in [0.15, 0.2) is 5.10 Å². The van der Waals surface area contributed by atoms with E-state index in [1.807, 2.05) is 0 Å². The third kappa shape index (κ3) is 2.23. The van der Waals surface area contributed by atoms with Gasteiger partial charge in [-0.15, -0.1) is 0 Å². The molecule has 0 aromatic rings. The van der Waals surface area contributed by atoms with Gasteiger partial charge < -0.3 is 0 Å². The number of carbonyl (C=O) groups excluding carboxylic acids is 1. The minimum atomic E-state index is -4.67. The molecule has 102 valence electrons. The van der Waals surface area contributed by atoms with Gasteiger partial charge in [-0.3, -0.25) is 4.79 Å². The van der Waals surface area contributed by atoms with Crippen LogP contribution in [0.3, 0.4) is 0 Å². The summed E-state index contributed by atoms with van der Waals surface area (Å²) in [5.41, 5.74) is -1.16. The Kier molecular flexibility index (Phi) is 2.91. The number of hydrazone groups is 1. The van der Waals surface area contributed by atoms with Crippen LogP contribution in [0.1, 0.15) is 13.3 Å². The van der Waals surface area contributed by atoms with Crippen LogP contribution >= 0.6 is 0 Å². The summed E-state index contributed by atoms with van der Waals surface area (Å²) in [7, 11) is -3.27. The number of amides is 1. The molecule has 0 bridgehead atoms. The van der Waals surface area contributed by atoms with Crippen molar-refractivity contribution in [2.75, 3.05) is 11.5 Å². The summed E-state index contributed by atoms with van der Waals surface area (Å²) < 4.78 is 60.2. The van der Waals surface area contributed by atoms with Gasteiger partial charge >= 0.3 is 6.18 Å². The summed E-state index contributed by atoms with van der Waals surface area (Å²) in [4.78, 5) is 11.7. The van der Waals surface area contributed by atoms with Crippen LogP contribution in [0.2, 0.25) is 0 Å². The quantitative estimate of drug-likeness (QED) is 0.707. The number of hydrogen-bond acceptors (Lipinski definition) is 4. The zero-order valence-electron chi connectivity index (χ0n) is 9.44. The molecule has 2 unspecified atom stereocenters. The van der Waals surface area contributed by atoms with Gasteiger partial charge in [0.15, 0.2) is 15.5 Å². The molecule has 1 fully saturated rings. The van der Waals surface area contributed by atoms with E-state index in [1.165, 1.54) is 0 Å². The van der Waals surface area contributed by atoms with Crippen molar-refractivity contribution >= 4 is 21.5 Å². The van der Waals surface area contributed by atoms with Crippen LogP contribution in [0.4, 0.5) is 13.2 Å². The summed E-state index contributed by atoms with van der Waals surface area (Å²) in [6, 6.07) is -0.773. The molecular weight excluding hydrogens is 273 g/mol. The van der Waals surface area contributed by atoms with Crippen molar-refractivity contribution < 1.29 is 26.4 Å². The lowest BCUT2D eigenvalue weighted by atomic mass is 10.1. The number of nitrogens with zero attached hydrogens (tertiary/aromatic N) is 2. The Balaban J connectivity index is 2.26. The largest absolute Gasteiger partial charge is 0.431 e. The first-order chi connectivity index (χ1) is 8.12. The standard InChI is InChI=1S/C9H11F3N2O3S/c1-5-7(9(10,11)12)13-14(8(5)15)6-2-3-18(16,17)4-6/h5-6H,2-4H2,1H3. The average Bonchev–Trinajstić information content (AvgIpc) is 2.69. The van der Waals surface area contributed by atoms with E-state index in [1.54, 1.807) is 0 Å². The Morgan fingerprint density at radius 1 is 1.39 bits per heavy atom. The smallest absolute Gasteiger partial charge is 0.272 e. The minimum absolute atomic E-state index is 0.118. The van der Waals surface area contributed by atoms with Crippen molar-refractivity contribution in [3.8, 4) is 0 Å². The van der Waals surface area contributed by atoms with Crippen LogP contribution in [0.25, 0.3) is 0 Å². The molecule has 2 aliphatic heterocycles. The highest BCUT2D eigenvalue weighted by Gasteiger charge is 2.50. The maximum absolute atomic E-state index is 12.6. The Morgan fingerprint density at radius 3 is 2.39 bits per heavy atom. The first kappa shape index (κ1) is 13.3. The van der Waals surface area contributed by atoms with Crippen molar-refractivity contribution in [2.24, 2.45) is 11.0 Å². The third-order valence-electron chi connectivity index (χ3n) is 3.07. The van der Waals surface area contributed by atoms with Gasteiger partial charge in [-0.25, -0.2) is 13.4 Å². The number of carbonyl (C=O) groups is 1. The number of halogens is 3. The zero-order valence-corrected chi connectivity index (χ0v) is 10.3. The molecule has 2 atom stereocenters. The topological polar surface area (TPSA) is 66.8 Å². The molecule has 0 aliphatic carbocycles. The molecule has 0 N–H and O–H groups in total. The predicted molar refractivity (Wildman–Crippen MR) is 56.6 cm³/mol. The number of sulfone groups is 1. The van der Waals surface area contributed by atoms with Crippen molar-refractivity contribution in [3.05, 3.63) is 0 Å². The van der Waals surface area contributed by atoms with Gasteiger partial charge in [0.2, 0.25) is 0 Å². The molecule has 1 amide bonds. The fraction of sp³-hybridized carbons (Fsp3) is 0.778. The van der Waals surface area contributed by atoms with E-state index in [2.05, 4.69) is 5.10 Å². The van der Waals surface area contributed by atoms with Gasteiger partial charge in [0.1, 0.15) is 0 Å². The van der Waals surface area contributed by atoms with E-state index in [0.717, 1.165) is 6.92 Å². The average molecular weight is 284 g/mol. The molecule has 0 radical (unpaired) electrons. The lowest BCUT2D eigenvalue weighted by molar-refractivity contribution is -0.133. The van der Waals surface area contributed by atoms with Crippen LogP contribution in [0.5, 0.6) is 0 Å². The second kappa shape index (κ2) is 3.94. The van der Waals surface area contributed by atoms with Crippen molar-refractivity contribution in [2.45, 2.75) is 25.6 Å². The lowest BCUT2D eigenvalue weighted by Crippen LogP contribution is -2.36. The van der Waals surface area contributed by atoms with E-state index >= 15 is 0 Å². The summed E-state index contributed by atoms with van der Waals surface area (Å²) in [6.07, 6.45) is -4.53. The molecule has 0 saturated carbocycles. The Hall–Kier alpha value is -1.12. The fourth-order valence-corrected chi connectivity index (χ4v) is 3.79. The number of hydrogen-bond donors (Lipinski definition) is 0. The van der Waals surface area contributed by atoms with Gasteiger partial charge in [0, 0.05) is 0 Å². The highest BCUT2D eigenvalue weighted by atomic mass is 32.2. The van der Waals surface area contributed by atoms with Crippen LogP contribution in [-0.2, 0) is 14.6 Å². The maximum Gasteiger partial charge on any atom is 0.431 e. The van der Waals surface area contributed by atoms with Crippen molar-refractivity contribution in [1.82, 2.24) is 5.01 Å². The molecule has 2 heterocycles. The highest BCUT2D eigenvalue weighted by Crippen LogP contribution is 2.31. The van der Waals surface area contributed by atoms with Gasteiger partial charge in [-0.05, 0) is 13.3 Å². The summed E-state index contributed by atoms with van der Waals surface area (Å²) in [5, 5.41) is 3.97. The number of alkyl halides is 3. The van der Waals surface area contributed by atoms with E-state index < -0.39 is 39.6 Å². The second-order valence-corrected chi connectivity index (χ2v) is 6.67. The van der Waals surface area contributed by atoms with E-state index in [-0.39, 0.29) is 17.9 Å². The normalized spacial score (nSPS) is 31.9. The Morgan fingerprint density at radius 2 is 2.00 bits per heavy atom. The van der Waals surface area contributed by atoms with Gasteiger partial charge in [0.25, 0.3) is 5.91 Å². The molecule has 9 heteroatoms. The molecule has 1 saturated heterocycles. The maximum atomic E-state index is 12.6. The summed E-state index contributed by atoms with van der Waals surface area (Å²) in [5.74, 6) is -2.59. The zero-order chi connectivity index (χ0) is 13.7. The third-order valence-corrected chi connectivity index (χ3v) is 4.82. The van der Waals surface area contributed by atoms with Crippen molar-refractivity contribution in [3.63, 3.8) is 0 Å². The van der Waals surface area contributed by atoms with Gasteiger partial charge in [-0.1, -0.05) is 0 Å². The first-order valence-electron chi connectivity index (χ1n) is 5.31. The summed E-state index contributed by atoms with van der Waals surface area (Å²) >= 11 is 0. The van der Waals surface area contributed by atoms with Crippen molar-refractivity contribution in [1.29, 1.82) is 0 Å². The molecule has 18 heavy (non-hydrogen) atoms. The molecular formula is C9H11F3N2O3S. The minimum Gasteiger partial charge on any atom is -0.272 e. The van der Waals surface area contributed by atoms with E-state index in [4.69, 9.17) is 0 Å². The van der Waals surface area contributed by atoms with Gasteiger partial charge in [-0.2, -0.15) is 18.3 Å². The second-order valence-electron chi connectivity index (χ2n) is 4.44. The Bertz CT molecular complexity index is 512. The van der Waals surface area contributed by atoms with E-state index in [0.29, 0.717) is 5.01 Å². The molecule has 5 nitrogen and oxygen atoms in total. The molecule has 2 rings (SSSR count). The predicted octanol–water partition coefficient (Wildman–Crippen LogP) is 0.570. The number of rotatable bonds is 1. The molecule has 2 aliphatic rings. The molecule has 0 aromatic carbocycles. The highest BCUT2D eigenvalue weighted by molar-refractivity contribution is 7.91. The SMILES string of the molecule is CC1C(=O)N(C2CCS(=O)(=O)C2)N=C1C(F)(F)F. The monoisotopic (exact) mass is 284 g/mol. The van der Waals surface area contributed by atoms with Gasteiger partial charge in [0.05, 0.1) is 23.5 Å². The molecule has 0 aromatic heterocycles. The lowest BCUT2D eigenvalue weighted by Gasteiger charge is -2.18. The van der Waals surface area contributed by atoms with Crippen LogP contribution in [0, 0.1) is 5.92 Å². The van der Waals surface area contributed by atoms with Crippen LogP contribution < -0.4 is 0 Å². The molecule has 0 spiro atoms.